The highest BCUT2D eigenvalue weighted by molar-refractivity contribution is 8.01. The number of amides is 2. The molecule has 4 heterocycles. The fourth-order valence-corrected chi connectivity index (χ4v) is 6.70. The number of aromatic nitrogens is 3. The van der Waals surface area contributed by atoms with E-state index in [0.29, 0.717) is 11.5 Å². The van der Waals surface area contributed by atoms with Gasteiger partial charge in [-0.2, -0.15) is 0 Å². The van der Waals surface area contributed by atoms with Gasteiger partial charge in [0.1, 0.15) is 34.1 Å². The number of ether oxygens (including phenoxy) is 2. The predicted molar refractivity (Wildman–Crippen MR) is 131 cm³/mol. The van der Waals surface area contributed by atoms with Crippen molar-refractivity contribution in [3.05, 3.63) is 28.5 Å². The molecule has 4 rings (SSSR count). The summed E-state index contributed by atoms with van der Waals surface area (Å²) < 4.78 is 14.7. The summed E-state index contributed by atoms with van der Waals surface area (Å²) in [6.07, 6.45) is 1.63. The molecule has 3 N–H and O–H groups in total. The number of rotatable bonds is 10. The monoisotopic (exact) mass is 557 g/mol. The van der Waals surface area contributed by atoms with Crippen LogP contribution in [0.15, 0.2) is 32.2 Å². The number of oxime groups is 1. The average molecular weight is 558 g/mol. The molecule has 35 heavy (non-hydrogen) atoms. The van der Waals surface area contributed by atoms with Crippen molar-refractivity contribution < 1.29 is 28.7 Å². The van der Waals surface area contributed by atoms with Crippen LogP contribution >= 0.6 is 46.4 Å². The molecule has 0 aliphatic carbocycles. The molecule has 0 unspecified atom stereocenters. The highest BCUT2D eigenvalue weighted by Gasteiger charge is 2.54. The predicted octanol–water partition coefficient (Wildman–Crippen LogP) is 0.521. The van der Waals surface area contributed by atoms with Gasteiger partial charge in [-0.3, -0.25) is 14.5 Å². The van der Waals surface area contributed by atoms with E-state index in [2.05, 4.69) is 25.0 Å². The summed E-state index contributed by atoms with van der Waals surface area (Å²) in [6, 6.07) is -0.879. The molecule has 2 aliphatic heterocycles. The summed E-state index contributed by atoms with van der Waals surface area (Å²) in [4.78, 5) is 49.0. The summed E-state index contributed by atoms with van der Waals surface area (Å²) in [5.41, 5.74) is 6.66. The molecular formula is C18H19N7O6S4. The Morgan fingerprint density at radius 2 is 2.23 bits per heavy atom. The Morgan fingerprint density at radius 1 is 1.40 bits per heavy atom. The first kappa shape index (κ1) is 25.4. The van der Waals surface area contributed by atoms with E-state index in [1.54, 1.807) is 11.6 Å². The van der Waals surface area contributed by atoms with Gasteiger partial charge in [-0.05, 0) is 17.1 Å². The second-order valence-corrected chi connectivity index (χ2v) is 10.9. The third-order valence-corrected chi connectivity index (χ3v) is 8.66. The normalized spacial score (nSPS) is 19.8. The van der Waals surface area contributed by atoms with Crippen molar-refractivity contribution in [3.63, 3.8) is 0 Å². The molecule has 13 nitrogen and oxygen atoms in total. The number of thiazole rings is 1. The second kappa shape index (κ2) is 11.3. The molecular weight excluding hydrogens is 539 g/mol. The molecule has 2 aliphatic rings. The first-order chi connectivity index (χ1) is 16.9. The number of hydrogen-bond acceptors (Lipinski definition) is 15. The van der Waals surface area contributed by atoms with E-state index >= 15 is 0 Å². The third kappa shape index (κ3) is 5.43. The zero-order chi connectivity index (χ0) is 24.9. The number of β-lactam (4-membered cyclic amide) rings is 1. The van der Waals surface area contributed by atoms with Crippen molar-refractivity contribution in [2.24, 2.45) is 5.16 Å². The van der Waals surface area contributed by atoms with Crippen molar-refractivity contribution in [1.29, 1.82) is 0 Å². The highest BCUT2D eigenvalue weighted by Crippen LogP contribution is 2.42. The third-order valence-electron chi connectivity index (χ3n) is 4.73. The maximum absolute atomic E-state index is 13.1. The molecule has 0 bridgehead atoms. The van der Waals surface area contributed by atoms with Crippen LogP contribution in [-0.4, -0.2) is 86.9 Å². The number of nitrogens with two attached hydrogens (primary N) is 1. The SMILES string of the molecule is COCOC(=O)C1=C(CSc2cnns2)CS[C@H]2[C@H](NC(=O)/C(=N\OC)c3csc(N)n3)C(=O)N12. The van der Waals surface area contributed by atoms with Gasteiger partial charge in [-0.1, -0.05) is 9.64 Å². The summed E-state index contributed by atoms with van der Waals surface area (Å²) in [5.74, 6) is -0.872. The molecule has 0 saturated carbocycles. The minimum Gasteiger partial charge on any atom is -0.434 e. The van der Waals surface area contributed by atoms with Crippen LogP contribution in [0, 0.1) is 0 Å². The molecule has 2 aromatic heterocycles. The number of nitrogens with one attached hydrogen (secondary N) is 1. The lowest BCUT2D eigenvalue weighted by Crippen LogP contribution is -2.71. The number of carbonyl (C=O) groups excluding carboxylic acids is 3. The minimum atomic E-state index is -0.879. The topological polar surface area (TPSA) is 171 Å². The fraction of sp³-hybridized carbons (Fsp3) is 0.389. The van der Waals surface area contributed by atoms with Gasteiger partial charge in [0.05, 0.1) is 6.20 Å². The van der Waals surface area contributed by atoms with Gasteiger partial charge in [0.2, 0.25) is 0 Å². The first-order valence-electron chi connectivity index (χ1n) is 9.80. The highest BCUT2D eigenvalue weighted by atomic mass is 32.2. The van der Waals surface area contributed by atoms with Gasteiger partial charge in [-0.25, -0.2) is 9.78 Å². The van der Waals surface area contributed by atoms with E-state index in [4.69, 9.17) is 20.0 Å². The van der Waals surface area contributed by atoms with Crippen LogP contribution in [0.1, 0.15) is 5.69 Å². The summed E-state index contributed by atoms with van der Waals surface area (Å²) in [5, 5.41) is 11.5. The molecule has 0 radical (unpaired) electrons. The molecule has 17 heteroatoms. The number of hydrogen-bond donors (Lipinski definition) is 2. The Hall–Kier alpha value is -2.73. The Morgan fingerprint density at radius 3 is 2.89 bits per heavy atom. The number of anilines is 1. The van der Waals surface area contributed by atoms with E-state index in [1.165, 1.54) is 54.2 Å². The van der Waals surface area contributed by atoms with Crippen LogP contribution in [-0.2, 0) is 28.7 Å². The van der Waals surface area contributed by atoms with Crippen molar-refractivity contribution in [3.8, 4) is 0 Å². The number of fused-ring (bicyclic) bond motifs is 1. The number of carbonyl (C=O) groups is 3. The van der Waals surface area contributed by atoms with Gasteiger partial charge in [0, 0.05) is 24.0 Å². The molecule has 0 spiro atoms. The van der Waals surface area contributed by atoms with Crippen LogP contribution in [0.4, 0.5) is 5.13 Å². The lowest BCUT2D eigenvalue weighted by molar-refractivity contribution is -0.158. The Labute approximate surface area is 215 Å². The van der Waals surface area contributed by atoms with E-state index in [0.717, 1.165) is 21.1 Å². The van der Waals surface area contributed by atoms with Gasteiger partial charge in [0.15, 0.2) is 17.6 Å². The van der Waals surface area contributed by atoms with Crippen molar-refractivity contribution in [2.75, 3.05) is 38.3 Å². The molecule has 186 valence electrons. The number of nitrogen functional groups attached to an aromatic ring is 1. The molecule has 0 aromatic carbocycles. The van der Waals surface area contributed by atoms with E-state index < -0.39 is 29.2 Å². The summed E-state index contributed by atoms with van der Waals surface area (Å²) >= 11 is 5.27. The number of thioether (sulfide) groups is 2. The maximum atomic E-state index is 13.1. The van der Waals surface area contributed by atoms with Crippen molar-refractivity contribution in [1.82, 2.24) is 24.8 Å². The Kier molecular flexibility index (Phi) is 8.22. The van der Waals surface area contributed by atoms with Crippen LogP contribution in [0.3, 0.4) is 0 Å². The molecule has 2 aromatic rings. The van der Waals surface area contributed by atoms with Gasteiger partial charge >= 0.3 is 5.97 Å². The van der Waals surface area contributed by atoms with Gasteiger partial charge in [0.25, 0.3) is 11.8 Å². The lowest BCUT2D eigenvalue weighted by Gasteiger charge is -2.49. The van der Waals surface area contributed by atoms with Crippen LogP contribution in [0.25, 0.3) is 0 Å². The van der Waals surface area contributed by atoms with Gasteiger partial charge in [-0.15, -0.1) is 40.0 Å². The Bertz CT molecular complexity index is 1170. The second-order valence-electron chi connectivity index (χ2n) is 6.87. The average Bonchev–Trinajstić information content (AvgIpc) is 3.54. The Balaban J connectivity index is 1.52. The molecule has 1 fully saturated rings. The first-order valence-corrected chi connectivity index (χ1v) is 13.5. The van der Waals surface area contributed by atoms with Crippen LogP contribution in [0.2, 0.25) is 0 Å². The zero-order valence-corrected chi connectivity index (χ0v) is 21.6. The van der Waals surface area contributed by atoms with E-state index in [-0.39, 0.29) is 29.0 Å². The van der Waals surface area contributed by atoms with E-state index in [1.807, 2.05) is 0 Å². The number of methoxy groups -OCH3 is 1. The number of esters is 1. The quantitative estimate of drug-likeness (QED) is 0.104. The minimum absolute atomic E-state index is 0.113. The maximum Gasteiger partial charge on any atom is 0.357 e. The zero-order valence-electron chi connectivity index (χ0n) is 18.3. The summed E-state index contributed by atoms with van der Waals surface area (Å²) in [7, 11) is 2.69. The standard InChI is InChI=1S/C18H19N7O6S4/c1-29-7-31-17(28)13-8(4-32-10-3-20-24-35-10)5-33-16-12(15(27)25(13)16)22-14(26)11(23-30-2)9-6-34-18(19)21-9/h3,6,12,16H,4-5,7H2,1-2H3,(H2,19,21)(H,22,26)/b23-11-/t12-,16+/m1/s1. The van der Waals surface area contributed by atoms with Crippen LogP contribution < -0.4 is 11.1 Å². The smallest absolute Gasteiger partial charge is 0.357 e. The lowest BCUT2D eigenvalue weighted by atomic mass is 10.0. The van der Waals surface area contributed by atoms with Crippen molar-refractivity contribution in [2.45, 2.75) is 15.6 Å². The number of nitrogens with zero attached hydrogens (tertiary/aromatic N) is 5. The largest absolute Gasteiger partial charge is 0.434 e. The van der Waals surface area contributed by atoms with E-state index in [9.17, 15) is 14.4 Å². The van der Waals surface area contributed by atoms with Gasteiger partial charge < -0.3 is 25.4 Å². The fourth-order valence-electron chi connectivity index (χ4n) is 3.25. The summed E-state index contributed by atoms with van der Waals surface area (Å²) in [6.45, 7) is -0.255. The molecule has 2 amide bonds. The van der Waals surface area contributed by atoms with Crippen LogP contribution in [0.5, 0.6) is 0 Å². The molecule has 1 saturated heterocycles. The molecule has 2 atom stereocenters. The van der Waals surface area contributed by atoms with Crippen molar-refractivity contribution >= 4 is 75.0 Å².